The third-order valence-electron chi connectivity index (χ3n) is 4.91. The number of halogens is 2. The number of carbonyl (C=O) groups is 2. The number of nitrogens with zero attached hydrogens (tertiary/aromatic N) is 1. The highest BCUT2D eigenvalue weighted by Crippen LogP contribution is 2.37. The first kappa shape index (κ1) is 24.1. The normalized spacial score (nSPS) is 14.6. The SMILES string of the molecule is Cc1cc(Br)ccc1NC(=O)COc1ccccc1/C=C1\SC(=S)N(c2ccc(F)cc2)C1=O. The number of thiocarbonyl (C=S) groups is 1. The zero-order chi connectivity index (χ0) is 24.2. The quantitative estimate of drug-likeness (QED) is 0.284. The summed E-state index contributed by atoms with van der Waals surface area (Å²) in [7, 11) is 0. The lowest BCUT2D eigenvalue weighted by atomic mass is 10.2. The third-order valence-corrected chi connectivity index (χ3v) is 6.70. The molecule has 0 bridgehead atoms. The highest BCUT2D eigenvalue weighted by molar-refractivity contribution is 9.10. The third kappa shape index (κ3) is 5.55. The molecule has 0 spiro atoms. The molecule has 1 aliphatic rings. The molecule has 9 heteroatoms. The first-order valence-corrected chi connectivity index (χ1v) is 12.1. The van der Waals surface area contributed by atoms with E-state index in [1.54, 1.807) is 24.3 Å². The van der Waals surface area contributed by atoms with Crippen LogP contribution >= 0.6 is 39.9 Å². The maximum atomic E-state index is 13.3. The summed E-state index contributed by atoms with van der Waals surface area (Å²) in [5, 5.41) is 2.83. The predicted octanol–water partition coefficient (Wildman–Crippen LogP) is 6.32. The second-order valence-electron chi connectivity index (χ2n) is 7.33. The van der Waals surface area contributed by atoms with Gasteiger partial charge in [0.05, 0.1) is 10.6 Å². The van der Waals surface area contributed by atoms with Crippen LogP contribution in [-0.2, 0) is 9.59 Å². The largest absolute Gasteiger partial charge is 0.483 e. The molecule has 0 unspecified atom stereocenters. The number of anilines is 2. The first-order chi connectivity index (χ1) is 16.3. The number of amides is 2. The van der Waals surface area contributed by atoms with E-state index in [2.05, 4.69) is 21.2 Å². The summed E-state index contributed by atoms with van der Waals surface area (Å²) in [6.07, 6.45) is 1.68. The lowest BCUT2D eigenvalue weighted by molar-refractivity contribution is -0.118. The summed E-state index contributed by atoms with van der Waals surface area (Å²) in [4.78, 5) is 27.2. The van der Waals surface area contributed by atoms with Gasteiger partial charge >= 0.3 is 0 Å². The Labute approximate surface area is 214 Å². The van der Waals surface area contributed by atoms with E-state index in [4.69, 9.17) is 17.0 Å². The number of nitrogens with one attached hydrogen (secondary N) is 1. The molecule has 3 aromatic rings. The van der Waals surface area contributed by atoms with Crippen molar-refractivity contribution < 1.29 is 18.7 Å². The van der Waals surface area contributed by atoms with Crippen molar-refractivity contribution >= 4 is 73.5 Å². The minimum Gasteiger partial charge on any atom is -0.483 e. The van der Waals surface area contributed by atoms with Crippen LogP contribution in [-0.4, -0.2) is 22.7 Å². The van der Waals surface area contributed by atoms with Crippen molar-refractivity contribution in [2.45, 2.75) is 6.92 Å². The van der Waals surface area contributed by atoms with E-state index in [1.165, 1.54) is 29.2 Å². The summed E-state index contributed by atoms with van der Waals surface area (Å²) in [6, 6.07) is 18.3. The standard InChI is InChI=1S/C25H18BrFN2O3S2/c1-15-12-17(26)6-11-20(15)28-23(30)14-32-21-5-3-2-4-16(21)13-22-24(31)29(25(33)34-22)19-9-7-18(27)8-10-19/h2-13H,14H2,1H3,(H,28,30)/b22-13-. The Morgan fingerprint density at radius 2 is 1.91 bits per heavy atom. The molecule has 0 aromatic heterocycles. The van der Waals surface area contributed by atoms with Crippen LogP contribution in [0.4, 0.5) is 15.8 Å². The van der Waals surface area contributed by atoms with Gasteiger partial charge in [-0.05, 0) is 67.1 Å². The van der Waals surface area contributed by atoms with Gasteiger partial charge in [-0.15, -0.1) is 0 Å². The van der Waals surface area contributed by atoms with Gasteiger partial charge < -0.3 is 10.1 Å². The molecule has 2 amide bonds. The van der Waals surface area contributed by atoms with E-state index in [0.717, 1.165) is 21.8 Å². The van der Waals surface area contributed by atoms with Crippen LogP contribution in [0.3, 0.4) is 0 Å². The summed E-state index contributed by atoms with van der Waals surface area (Å²) < 4.78 is 20.3. The molecule has 3 aromatic carbocycles. The molecule has 34 heavy (non-hydrogen) atoms. The fourth-order valence-corrected chi connectivity index (χ4v) is 5.02. The zero-order valence-corrected chi connectivity index (χ0v) is 21.1. The minimum atomic E-state index is -0.393. The van der Waals surface area contributed by atoms with Gasteiger partial charge in [0, 0.05) is 15.7 Å². The van der Waals surface area contributed by atoms with Crippen molar-refractivity contribution in [2.24, 2.45) is 0 Å². The lowest BCUT2D eigenvalue weighted by Crippen LogP contribution is -2.27. The van der Waals surface area contributed by atoms with Gasteiger partial charge in [0.15, 0.2) is 10.9 Å². The number of benzene rings is 3. The molecule has 172 valence electrons. The van der Waals surface area contributed by atoms with Crippen LogP contribution in [0.25, 0.3) is 6.08 Å². The van der Waals surface area contributed by atoms with Gasteiger partial charge in [-0.3, -0.25) is 14.5 Å². The Kier molecular flexibility index (Phi) is 7.45. The molecule has 0 saturated carbocycles. The average molecular weight is 557 g/mol. The van der Waals surface area contributed by atoms with Crippen molar-refractivity contribution in [3.63, 3.8) is 0 Å². The van der Waals surface area contributed by atoms with Crippen molar-refractivity contribution in [1.29, 1.82) is 0 Å². The Bertz CT molecular complexity index is 1310. The summed E-state index contributed by atoms with van der Waals surface area (Å²) >= 11 is 9.92. The number of thioether (sulfide) groups is 1. The number of hydrogen-bond donors (Lipinski definition) is 1. The zero-order valence-electron chi connectivity index (χ0n) is 17.9. The molecule has 1 aliphatic heterocycles. The summed E-state index contributed by atoms with van der Waals surface area (Å²) in [6.45, 7) is 1.70. The smallest absolute Gasteiger partial charge is 0.270 e. The van der Waals surface area contributed by atoms with Crippen molar-refractivity contribution in [1.82, 2.24) is 0 Å². The lowest BCUT2D eigenvalue weighted by Gasteiger charge is -2.14. The van der Waals surface area contributed by atoms with Crippen LogP contribution in [0.1, 0.15) is 11.1 Å². The van der Waals surface area contributed by atoms with E-state index in [0.29, 0.717) is 31.9 Å². The van der Waals surface area contributed by atoms with Crippen molar-refractivity contribution in [3.05, 3.63) is 93.1 Å². The molecule has 1 N–H and O–H groups in total. The van der Waals surface area contributed by atoms with Gasteiger partial charge in [0.25, 0.3) is 11.8 Å². The molecular formula is C25H18BrFN2O3S2. The van der Waals surface area contributed by atoms with Crippen LogP contribution in [0, 0.1) is 12.7 Å². The van der Waals surface area contributed by atoms with E-state index in [1.807, 2.05) is 31.2 Å². The van der Waals surface area contributed by atoms with Crippen LogP contribution in [0.2, 0.25) is 0 Å². The molecule has 0 atom stereocenters. The molecule has 1 saturated heterocycles. The first-order valence-electron chi connectivity index (χ1n) is 10.1. The number of ether oxygens (including phenoxy) is 1. The molecule has 4 rings (SSSR count). The maximum Gasteiger partial charge on any atom is 0.270 e. The summed E-state index contributed by atoms with van der Waals surface area (Å²) in [5.41, 5.74) is 2.76. The summed E-state index contributed by atoms with van der Waals surface area (Å²) in [5.74, 6) is -0.546. The van der Waals surface area contributed by atoms with Gasteiger partial charge in [-0.2, -0.15) is 0 Å². The topological polar surface area (TPSA) is 58.6 Å². The Morgan fingerprint density at radius 3 is 2.65 bits per heavy atom. The fraction of sp³-hybridized carbons (Fsp3) is 0.0800. The molecule has 0 radical (unpaired) electrons. The maximum absolute atomic E-state index is 13.3. The van der Waals surface area contributed by atoms with Gasteiger partial charge in [-0.1, -0.05) is 58.1 Å². The molecule has 0 aliphatic carbocycles. The molecule has 5 nitrogen and oxygen atoms in total. The van der Waals surface area contributed by atoms with Crippen molar-refractivity contribution in [3.8, 4) is 5.75 Å². The number of carbonyl (C=O) groups excluding carboxylic acids is 2. The Morgan fingerprint density at radius 1 is 1.18 bits per heavy atom. The molecular weight excluding hydrogens is 539 g/mol. The number of hydrogen-bond acceptors (Lipinski definition) is 5. The van der Waals surface area contributed by atoms with Crippen LogP contribution in [0.15, 0.2) is 76.1 Å². The Balaban J connectivity index is 1.48. The van der Waals surface area contributed by atoms with Crippen LogP contribution in [0.5, 0.6) is 5.75 Å². The Hall–Kier alpha value is -3.01. The highest BCUT2D eigenvalue weighted by atomic mass is 79.9. The number of para-hydroxylation sites is 1. The van der Waals surface area contributed by atoms with E-state index in [-0.39, 0.29) is 18.4 Å². The number of aryl methyl sites for hydroxylation is 1. The second-order valence-corrected chi connectivity index (χ2v) is 9.92. The van der Waals surface area contributed by atoms with Gasteiger partial charge in [0.2, 0.25) is 0 Å². The van der Waals surface area contributed by atoms with Crippen LogP contribution < -0.4 is 15.0 Å². The van der Waals surface area contributed by atoms with Gasteiger partial charge in [0.1, 0.15) is 11.6 Å². The van der Waals surface area contributed by atoms with E-state index in [9.17, 15) is 14.0 Å². The number of rotatable bonds is 6. The fourth-order valence-electron chi connectivity index (χ4n) is 3.25. The van der Waals surface area contributed by atoms with E-state index >= 15 is 0 Å². The molecule has 1 heterocycles. The minimum absolute atomic E-state index is 0.198. The highest BCUT2D eigenvalue weighted by Gasteiger charge is 2.33. The predicted molar refractivity (Wildman–Crippen MR) is 141 cm³/mol. The van der Waals surface area contributed by atoms with Gasteiger partial charge in [-0.25, -0.2) is 4.39 Å². The molecule has 1 fully saturated rings. The second kappa shape index (κ2) is 10.5. The van der Waals surface area contributed by atoms with E-state index < -0.39 is 5.82 Å². The average Bonchev–Trinajstić information content (AvgIpc) is 3.08. The monoisotopic (exact) mass is 556 g/mol. The van der Waals surface area contributed by atoms with Crippen molar-refractivity contribution in [2.75, 3.05) is 16.8 Å².